The third-order valence-electron chi connectivity index (χ3n) is 3.70. The molecule has 1 fully saturated rings. The number of rotatable bonds is 6. The van der Waals surface area contributed by atoms with Crippen LogP contribution in [0.3, 0.4) is 0 Å². The number of hydrogen-bond donors (Lipinski definition) is 1. The minimum atomic E-state index is -0.221. The maximum absolute atomic E-state index is 12.5. The molecule has 1 saturated carbocycles. The molecule has 0 spiro atoms. The number of aliphatic hydroxyl groups is 1. The number of hydrogen-bond acceptors (Lipinski definition) is 3. The van der Waals surface area contributed by atoms with Gasteiger partial charge in [-0.25, -0.2) is 0 Å². The lowest BCUT2D eigenvalue weighted by atomic mass is 9.74. The summed E-state index contributed by atoms with van der Waals surface area (Å²) in [7, 11) is 1.63. The van der Waals surface area contributed by atoms with Crippen molar-refractivity contribution in [2.75, 3.05) is 33.4 Å². The summed E-state index contributed by atoms with van der Waals surface area (Å²) >= 11 is 0. The van der Waals surface area contributed by atoms with Crippen LogP contribution >= 0.6 is 0 Å². The molecule has 0 bridgehead atoms. The minimum absolute atomic E-state index is 0.0194. The van der Waals surface area contributed by atoms with E-state index in [9.17, 15) is 4.79 Å². The molecule has 0 atom stereocenters. The fourth-order valence-electron chi connectivity index (χ4n) is 2.56. The van der Waals surface area contributed by atoms with Crippen molar-refractivity contribution in [3.63, 3.8) is 0 Å². The van der Waals surface area contributed by atoms with Gasteiger partial charge in [0.25, 0.3) is 0 Å². The van der Waals surface area contributed by atoms with Gasteiger partial charge in [0.2, 0.25) is 5.91 Å². The number of nitrogens with zero attached hydrogens (tertiary/aromatic N) is 1. The number of carbonyl (C=O) groups excluding carboxylic acids is 1. The van der Waals surface area contributed by atoms with Gasteiger partial charge in [-0.3, -0.25) is 4.79 Å². The molecule has 0 saturated heterocycles. The monoisotopic (exact) mass is 243 g/mol. The molecular weight excluding hydrogens is 218 g/mol. The molecular formula is C13H25NO3. The highest BCUT2D eigenvalue weighted by Crippen LogP contribution is 2.37. The van der Waals surface area contributed by atoms with Crippen LogP contribution in [0.25, 0.3) is 0 Å². The summed E-state index contributed by atoms with van der Waals surface area (Å²) in [5, 5.41) is 9.03. The quantitative estimate of drug-likeness (QED) is 0.767. The van der Waals surface area contributed by atoms with Crippen LogP contribution in [0.2, 0.25) is 0 Å². The summed E-state index contributed by atoms with van der Waals surface area (Å²) in [4.78, 5) is 14.2. The average Bonchev–Trinajstić information content (AvgIpc) is 2.34. The molecule has 100 valence electrons. The summed E-state index contributed by atoms with van der Waals surface area (Å²) in [6.07, 6.45) is 5.46. The lowest BCUT2D eigenvalue weighted by Gasteiger charge is -2.37. The van der Waals surface area contributed by atoms with E-state index < -0.39 is 0 Å². The van der Waals surface area contributed by atoms with Crippen molar-refractivity contribution in [1.29, 1.82) is 0 Å². The first-order chi connectivity index (χ1) is 8.14. The van der Waals surface area contributed by atoms with E-state index in [-0.39, 0.29) is 17.9 Å². The van der Waals surface area contributed by atoms with Gasteiger partial charge in [-0.05, 0) is 12.8 Å². The van der Waals surface area contributed by atoms with E-state index in [2.05, 4.69) is 6.92 Å². The highest BCUT2D eigenvalue weighted by molar-refractivity contribution is 5.82. The van der Waals surface area contributed by atoms with E-state index in [0.29, 0.717) is 19.7 Å². The summed E-state index contributed by atoms with van der Waals surface area (Å²) in [6, 6.07) is 0. The fraction of sp³-hybridized carbons (Fsp3) is 0.923. The van der Waals surface area contributed by atoms with Gasteiger partial charge in [0, 0.05) is 25.6 Å². The Morgan fingerprint density at radius 2 is 1.94 bits per heavy atom. The zero-order chi connectivity index (χ0) is 12.7. The third-order valence-corrected chi connectivity index (χ3v) is 3.70. The Morgan fingerprint density at radius 3 is 2.47 bits per heavy atom. The van der Waals surface area contributed by atoms with Crippen LogP contribution in [0.15, 0.2) is 0 Å². The van der Waals surface area contributed by atoms with Crippen LogP contribution < -0.4 is 0 Å². The fourth-order valence-corrected chi connectivity index (χ4v) is 2.56. The van der Waals surface area contributed by atoms with Gasteiger partial charge in [0.15, 0.2) is 0 Å². The molecule has 1 rings (SSSR count). The van der Waals surface area contributed by atoms with E-state index in [1.807, 2.05) is 0 Å². The van der Waals surface area contributed by atoms with E-state index in [0.717, 1.165) is 25.7 Å². The van der Waals surface area contributed by atoms with E-state index in [4.69, 9.17) is 9.84 Å². The second-order valence-electron chi connectivity index (χ2n) is 5.13. The molecule has 1 amide bonds. The van der Waals surface area contributed by atoms with Gasteiger partial charge < -0.3 is 14.7 Å². The Kier molecular flexibility index (Phi) is 5.92. The van der Waals surface area contributed by atoms with Crippen LogP contribution in [0, 0.1) is 5.41 Å². The van der Waals surface area contributed by atoms with Crippen molar-refractivity contribution in [3.8, 4) is 0 Å². The first kappa shape index (κ1) is 14.5. The van der Waals surface area contributed by atoms with Gasteiger partial charge in [0.05, 0.1) is 13.2 Å². The summed E-state index contributed by atoms with van der Waals surface area (Å²) in [5.74, 6) is 0.184. The Hall–Kier alpha value is -0.610. The van der Waals surface area contributed by atoms with Gasteiger partial charge in [0.1, 0.15) is 0 Å². The summed E-state index contributed by atoms with van der Waals surface area (Å²) in [6.45, 7) is 3.60. The lowest BCUT2D eigenvalue weighted by Crippen LogP contribution is -2.46. The lowest BCUT2D eigenvalue weighted by molar-refractivity contribution is -0.144. The zero-order valence-corrected chi connectivity index (χ0v) is 11.1. The molecule has 1 N–H and O–H groups in total. The molecule has 0 aromatic carbocycles. The molecule has 17 heavy (non-hydrogen) atoms. The highest BCUT2D eigenvalue weighted by atomic mass is 16.5. The Bertz CT molecular complexity index is 237. The molecule has 4 nitrogen and oxygen atoms in total. The van der Waals surface area contributed by atoms with Gasteiger partial charge in [-0.1, -0.05) is 26.2 Å². The first-order valence-corrected chi connectivity index (χ1v) is 6.53. The number of methoxy groups -OCH3 is 1. The van der Waals surface area contributed by atoms with Crippen molar-refractivity contribution in [2.45, 2.75) is 39.0 Å². The number of amides is 1. The van der Waals surface area contributed by atoms with Gasteiger partial charge in [-0.15, -0.1) is 0 Å². The van der Waals surface area contributed by atoms with Crippen LogP contribution in [0.1, 0.15) is 39.0 Å². The van der Waals surface area contributed by atoms with Gasteiger partial charge in [-0.2, -0.15) is 0 Å². The van der Waals surface area contributed by atoms with E-state index in [1.165, 1.54) is 6.42 Å². The second kappa shape index (κ2) is 6.97. The Labute approximate surface area is 104 Å². The smallest absolute Gasteiger partial charge is 0.228 e. The predicted molar refractivity (Wildman–Crippen MR) is 66.7 cm³/mol. The molecule has 0 radical (unpaired) electrons. The molecule has 0 aliphatic heterocycles. The molecule has 1 aliphatic rings. The minimum Gasteiger partial charge on any atom is -0.395 e. The molecule has 0 aromatic rings. The Morgan fingerprint density at radius 1 is 1.29 bits per heavy atom. The molecule has 4 heteroatoms. The van der Waals surface area contributed by atoms with Crippen molar-refractivity contribution >= 4 is 5.91 Å². The van der Waals surface area contributed by atoms with E-state index in [1.54, 1.807) is 12.0 Å². The topological polar surface area (TPSA) is 49.8 Å². The molecule has 1 aliphatic carbocycles. The van der Waals surface area contributed by atoms with Crippen LogP contribution in [-0.2, 0) is 9.53 Å². The standard InChI is InChI=1S/C13H25NO3/c1-13(6-4-3-5-7-13)12(16)14(8-10-15)9-11-17-2/h15H,3-11H2,1-2H3. The largest absolute Gasteiger partial charge is 0.395 e. The first-order valence-electron chi connectivity index (χ1n) is 6.53. The maximum Gasteiger partial charge on any atom is 0.228 e. The second-order valence-corrected chi connectivity index (χ2v) is 5.13. The number of carbonyl (C=O) groups is 1. The third kappa shape index (κ3) is 3.96. The Balaban J connectivity index is 2.61. The van der Waals surface area contributed by atoms with Crippen LogP contribution in [0.5, 0.6) is 0 Å². The SMILES string of the molecule is COCCN(CCO)C(=O)C1(C)CCCCC1. The normalized spacial score (nSPS) is 19.0. The van der Waals surface area contributed by atoms with Gasteiger partial charge >= 0.3 is 0 Å². The maximum atomic E-state index is 12.5. The molecule has 0 unspecified atom stereocenters. The zero-order valence-electron chi connectivity index (χ0n) is 11.1. The number of aliphatic hydroxyl groups excluding tert-OH is 1. The van der Waals surface area contributed by atoms with Crippen molar-refractivity contribution < 1.29 is 14.6 Å². The highest BCUT2D eigenvalue weighted by Gasteiger charge is 2.37. The predicted octanol–water partition coefficient (Wildman–Crippen LogP) is 1.42. The van der Waals surface area contributed by atoms with Crippen molar-refractivity contribution in [1.82, 2.24) is 4.90 Å². The van der Waals surface area contributed by atoms with Crippen molar-refractivity contribution in [3.05, 3.63) is 0 Å². The molecule has 0 aromatic heterocycles. The number of ether oxygens (including phenoxy) is 1. The van der Waals surface area contributed by atoms with Crippen LogP contribution in [0.4, 0.5) is 0 Å². The van der Waals surface area contributed by atoms with Crippen molar-refractivity contribution in [2.24, 2.45) is 5.41 Å². The summed E-state index contributed by atoms with van der Waals surface area (Å²) in [5.41, 5.74) is -0.221. The van der Waals surface area contributed by atoms with E-state index >= 15 is 0 Å². The average molecular weight is 243 g/mol. The van der Waals surface area contributed by atoms with Crippen LogP contribution in [-0.4, -0.2) is 49.3 Å². The molecule has 0 heterocycles. The summed E-state index contributed by atoms with van der Waals surface area (Å²) < 4.78 is 5.01.